The summed E-state index contributed by atoms with van der Waals surface area (Å²) >= 11 is 0. The second kappa shape index (κ2) is 3.86. The molecule has 20 heavy (non-hydrogen) atoms. The van der Waals surface area contributed by atoms with E-state index in [4.69, 9.17) is 4.74 Å². The van der Waals surface area contributed by atoms with E-state index in [1.165, 1.54) is 16.7 Å². The Labute approximate surface area is 124 Å². The van der Waals surface area contributed by atoms with Gasteiger partial charge in [-0.1, -0.05) is 62.8 Å². The first kappa shape index (κ1) is 14.1. The van der Waals surface area contributed by atoms with Crippen molar-refractivity contribution in [3.8, 4) is 0 Å². The van der Waals surface area contributed by atoms with Crippen LogP contribution in [0.15, 0.2) is 24.3 Å². The van der Waals surface area contributed by atoms with Crippen molar-refractivity contribution in [2.24, 2.45) is 0 Å². The third-order valence-corrected chi connectivity index (χ3v) is 11.2. The van der Waals surface area contributed by atoms with Crippen molar-refractivity contribution in [3.05, 3.63) is 41.0 Å². The van der Waals surface area contributed by atoms with Crippen LogP contribution in [0.25, 0.3) is 0 Å². The van der Waals surface area contributed by atoms with Gasteiger partial charge in [0, 0.05) is 0 Å². The lowest BCUT2D eigenvalue weighted by Crippen LogP contribution is -2.51. The highest BCUT2D eigenvalue weighted by Crippen LogP contribution is 2.51. The lowest BCUT2D eigenvalue weighted by Gasteiger charge is -2.39. The lowest BCUT2D eigenvalue weighted by molar-refractivity contribution is 0.0115. The maximum absolute atomic E-state index is 6.24. The quantitative estimate of drug-likeness (QED) is 0.543. The summed E-state index contributed by atoms with van der Waals surface area (Å²) in [5.41, 5.74) is 4.06. The summed E-state index contributed by atoms with van der Waals surface area (Å²) in [5.74, 6) is 0. The highest BCUT2D eigenvalue weighted by Gasteiger charge is 2.48. The fourth-order valence-corrected chi connectivity index (χ4v) is 5.70. The number of benzene rings is 1. The topological polar surface area (TPSA) is 9.23 Å². The maximum Gasteiger partial charge on any atom is 0.110 e. The maximum atomic E-state index is 6.24. The molecule has 2 heteroatoms. The molecule has 0 aliphatic carbocycles. The van der Waals surface area contributed by atoms with Gasteiger partial charge >= 0.3 is 0 Å². The van der Waals surface area contributed by atoms with E-state index in [0.717, 1.165) is 0 Å². The third kappa shape index (κ3) is 1.71. The zero-order valence-electron chi connectivity index (χ0n) is 13.8. The van der Waals surface area contributed by atoms with Crippen LogP contribution in [0.5, 0.6) is 0 Å². The van der Waals surface area contributed by atoms with E-state index in [9.17, 15) is 0 Å². The molecule has 2 atom stereocenters. The van der Waals surface area contributed by atoms with E-state index in [-0.39, 0.29) is 11.7 Å². The largest absolute Gasteiger partial charge is 0.354 e. The van der Waals surface area contributed by atoms with Gasteiger partial charge in [-0.3, -0.25) is 0 Å². The highest BCUT2D eigenvalue weighted by molar-refractivity contribution is 6.92. The molecule has 1 nitrogen and oxygen atoms in total. The molecule has 1 aromatic carbocycles. The minimum absolute atomic E-state index is 0.180. The summed E-state index contributed by atoms with van der Waals surface area (Å²) in [5, 5.41) is 1.94. The van der Waals surface area contributed by atoms with Gasteiger partial charge in [0.1, 0.15) is 11.7 Å². The van der Waals surface area contributed by atoms with Crippen molar-refractivity contribution >= 4 is 13.3 Å². The number of aryl methyl sites for hydroxylation is 1. The molecule has 0 fully saturated rings. The SMILES string of the molecule is Cc1cc2c(c([Si](C)(C)C(C)(C)C)c1)C1C=CC2(C)O1. The fraction of sp³-hybridized carbons (Fsp3) is 0.556. The molecule has 2 unspecified atom stereocenters. The Morgan fingerprint density at radius 3 is 2.45 bits per heavy atom. The Morgan fingerprint density at radius 1 is 1.20 bits per heavy atom. The summed E-state index contributed by atoms with van der Waals surface area (Å²) in [6.45, 7) is 16.6. The Balaban J connectivity index is 2.27. The first-order valence-corrected chi connectivity index (χ1v) is 10.6. The molecular formula is C18H26OSi. The van der Waals surface area contributed by atoms with Crippen LogP contribution in [0.3, 0.4) is 0 Å². The summed E-state index contributed by atoms with van der Waals surface area (Å²) in [6, 6.07) is 4.76. The van der Waals surface area contributed by atoms with Crippen LogP contribution < -0.4 is 5.19 Å². The van der Waals surface area contributed by atoms with Crippen LogP contribution in [0, 0.1) is 6.92 Å². The summed E-state index contributed by atoms with van der Waals surface area (Å²) < 4.78 is 6.24. The Hall–Kier alpha value is -0.863. The molecule has 2 heterocycles. The second-order valence-corrected chi connectivity index (χ2v) is 13.4. The number of ether oxygens (including phenoxy) is 1. The highest BCUT2D eigenvalue weighted by atomic mass is 28.3. The third-order valence-electron chi connectivity index (χ3n) is 5.65. The van der Waals surface area contributed by atoms with Gasteiger partial charge in [0.15, 0.2) is 0 Å². The van der Waals surface area contributed by atoms with Gasteiger partial charge in [-0.05, 0) is 36.1 Å². The van der Waals surface area contributed by atoms with E-state index in [1.807, 2.05) is 0 Å². The average Bonchev–Trinajstić information content (AvgIpc) is 2.81. The van der Waals surface area contributed by atoms with Crippen LogP contribution in [-0.2, 0) is 10.3 Å². The van der Waals surface area contributed by atoms with Gasteiger partial charge in [-0.25, -0.2) is 0 Å². The molecule has 108 valence electrons. The summed E-state index contributed by atoms with van der Waals surface area (Å²) in [4.78, 5) is 0. The van der Waals surface area contributed by atoms with Gasteiger partial charge < -0.3 is 4.74 Å². The first-order valence-electron chi connectivity index (χ1n) is 7.59. The zero-order valence-corrected chi connectivity index (χ0v) is 14.8. The molecule has 3 rings (SSSR count). The van der Waals surface area contributed by atoms with Crippen LogP contribution >= 0.6 is 0 Å². The van der Waals surface area contributed by atoms with Crippen LogP contribution in [0.4, 0.5) is 0 Å². The lowest BCUT2D eigenvalue weighted by atomic mass is 9.87. The van der Waals surface area contributed by atoms with E-state index in [0.29, 0.717) is 5.04 Å². The monoisotopic (exact) mass is 286 g/mol. The predicted molar refractivity (Wildman–Crippen MR) is 88.3 cm³/mol. The van der Waals surface area contributed by atoms with Crippen LogP contribution in [-0.4, -0.2) is 8.07 Å². The molecule has 1 aromatic rings. The van der Waals surface area contributed by atoms with Crippen molar-refractivity contribution in [2.75, 3.05) is 0 Å². The summed E-state index contributed by atoms with van der Waals surface area (Å²) in [6.07, 6.45) is 4.66. The minimum atomic E-state index is -1.55. The van der Waals surface area contributed by atoms with Gasteiger partial charge in [0.2, 0.25) is 0 Å². The van der Waals surface area contributed by atoms with Crippen molar-refractivity contribution in [1.29, 1.82) is 0 Å². The average molecular weight is 286 g/mol. The van der Waals surface area contributed by atoms with Crippen LogP contribution in [0.1, 0.15) is 50.5 Å². The number of hydrogen-bond donors (Lipinski definition) is 0. The van der Waals surface area contributed by atoms with E-state index < -0.39 is 8.07 Å². The second-order valence-electron chi connectivity index (χ2n) is 8.15. The number of hydrogen-bond acceptors (Lipinski definition) is 1. The van der Waals surface area contributed by atoms with E-state index in [1.54, 1.807) is 5.19 Å². The van der Waals surface area contributed by atoms with Crippen LogP contribution in [0.2, 0.25) is 18.1 Å². The molecule has 2 aliphatic rings. The molecule has 0 aromatic heterocycles. The molecule has 2 aliphatic heterocycles. The molecule has 0 saturated carbocycles. The van der Waals surface area contributed by atoms with Crippen molar-refractivity contribution in [3.63, 3.8) is 0 Å². The van der Waals surface area contributed by atoms with Crippen molar-refractivity contribution < 1.29 is 4.74 Å². The van der Waals surface area contributed by atoms with E-state index in [2.05, 4.69) is 72.0 Å². The van der Waals surface area contributed by atoms with Crippen molar-refractivity contribution in [2.45, 2.75) is 64.5 Å². The molecule has 0 spiro atoms. The molecule has 0 radical (unpaired) electrons. The van der Waals surface area contributed by atoms with Crippen molar-refractivity contribution in [1.82, 2.24) is 0 Å². The first-order chi connectivity index (χ1) is 9.06. The standard InChI is InChI=1S/C18H26OSi/c1-12-10-13-16(14-8-9-18(13,5)19-14)15(11-12)20(6,7)17(2,3)4/h8-11,14H,1-7H3. The minimum Gasteiger partial charge on any atom is -0.354 e. The predicted octanol–water partition coefficient (Wildman–Crippen LogP) is 4.57. The zero-order chi connectivity index (χ0) is 14.9. The van der Waals surface area contributed by atoms with Gasteiger partial charge in [-0.2, -0.15) is 0 Å². The number of fused-ring (bicyclic) bond motifs is 5. The molecule has 0 saturated heterocycles. The fourth-order valence-electron chi connectivity index (χ4n) is 3.36. The van der Waals surface area contributed by atoms with Gasteiger partial charge in [0.05, 0.1) is 8.07 Å². The van der Waals surface area contributed by atoms with Gasteiger partial charge in [-0.15, -0.1) is 0 Å². The van der Waals surface area contributed by atoms with E-state index >= 15 is 0 Å². The Morgan fingerprint density at radius 2 is 1.85 bits per heavy atom. The molecular weight excluding hydrogens is 260 g/mol. The van der Waals surface area contributed by atoms with Gasteiger partial charge in [0.25, 0.3) is 0 Å². The Kier molecular flexibility index (Phi) is 2.72. The number of rotatable bonds is 1. The normalized spacial score (nSPS) is 28.1. The molecule has 0 N–H and O–H groups in total. The molecule has 2 bridgehead atoms. The smallest absolute Gasteiger partial charge is 0.110 e. The summed E-state index contributed by atoms with van der Waals surface area (Å²) in [7, 11) is -1.55. The Bertz CT molecular complexity index is 607. The molecule has 0 amide bonds.